The van der Waals surface area contributed by atoms with Gasteiger partial charge in [-0.3, -0.25) is 4.79 Å². The summed E-state index contributed by atoms with van der Waals surface area (Å²) in [5.41, 5.74) is 1.28. The van der Waals surface area contributed by atoms with Crippen molar-refractivity contribution in [2.75, 3.05) is 0 Å². The lowest BCUT2D eigenvalue weighted by Crippen LogP contribution is -2.09. The number of hydrogen-bond acceptors (Lipinski definition) is 4. The molecule has 0 radical (unpaired) electrons. The van der Waals surface area contributed by atoms with Crippen molar-refractivity contribution in [3.05, 3.63) is 98.2 Å². The second kappa shape index (κ2) is 7.91. The zero-order chi connectivity index (χ0) is 20.5. The van der Waals surface area contributed by atoms with Crippen LogP contribution in [0.5, 0.6) is 11.5 Å². The molecule has 0 N–H and O–H groups in total. The Labute approximate surface area is 181 Å². The largest absolute Gasteiger partial charge is 0.452 e. The summed E-state index contributed by atoms with van der Waals surface area (Å²) in [6.45, 7) is 0. The molecule has 0 unspecified atom stereocenters. The van der Waals surface area contributed by atoms with Gasteiger partial charge in [-0.25, -0.2) is 4.79 Å². The predicted molar refractivity (Wildman–Crippen MR) is 112 cm³/mol. The van der Waals surface area contributed by atoms with Crippen LogP contribution in [-0.2, 0) is 0 Å². The fraction of sp³-hybridized carbons (Fsp3) is 0. The molecule has 0 bridgehead atoms. The molecular formula is C22H11Cl3O4. The number of carbonyl (C=O) groups excluding carboxylic acids is 2. The molecule has 0 saturated carbocycles. The third kappa shape index (κ3) is 4.01. The van der Waals surface area contributed by atoms with E-state index in [2.05, 4.69) is 0 Å². The van der Waals surface area contributed by atoms with Crippen LogP contribution in [0.15, 0.2) is 66.4 Å². The molecule has 0 aliphatic carbocycles. The monoisotopic (exact) mass is 444 g/mol. The van der Waals surface area contributed by atoms with Gasteiger partial charge in [0.25, 0.3) is 0 Å². The fourth-order valence-corrected chi connectivity index (χ4v) is 3.29. The number of ketones is 1. The smallest absolute Gasteiger partial charge is 0.345 e. The van der Waals surface area contributed by atoms with E-state index in [0.29, 0.717) is 26.9 Å². The number of carbonyl (C=O) groups is 2. The standard InChI is InChI=1S/C22H11Cl3O4/c23-16-4-2-1-3-14(16)22(27)28-13-6-7-15-19(11-13)29-20(21(15)26)10-12-5-8-17(24)18(25)9-12/h1-11H/b20-10-. The molecule has 1 heterocycles. The maximum Gasteiger partial charge on any atom is 0.345 e. The predicted octanol–water partition coefficient (Wildman–Crippen LogP) is 6.48. The molecule has 7 heteroatoms. The molecule has 0 aromatic heterocycles. The minimum absolute atomic E-state index is 0.132. The summed E-state index contributed by atoms with van der Waals surface area (Å²) in [6.07, 6.45) is 1.57. The highest BCUT2D eigenvalue weighted by atomic mass is 35.5. The maximum atomic E-state index is 12.6. The van der Waals surface area contributed by atoms with Gasteiger partial charge in [0.1, 0.15) is 11.5 Å². The number of halogens is 3. The Morgan fingerprint density at radius 1 is 0.897 bits per heavy atom. The van der Waals surface area contributed by atoms with Gasteiger partial charge in [-0.05, 0) is 48.0 Å². The van der Waals surface area contributed by atoms with E-state index < -0.39 is 5.97 Å². The van der Waals surface area contributed by atoms with Gasteiger partial charge in [0, 0.05) is 6.07 Å². The number of fused-ring (bicyclic) bond motifs is 1. The Morgan fingerprint density at radius 2 is 1.69 bits per heavy atom. The minimum atomic E-state index is -0.605. The van der Waals surface area contributed by atoms with Gasteiger partial charge in [-0.15, -0.1) is 0 Å². The highest BCUT2D eigenvalue weighted by molar-refractivity contribution is 6.42. The van der Waals surface area contributed by atoms with Gasteiger partial charge in [0.2, 0.25) is 5.78 Å². The summed E-state index contributed by atoms with van der Waals surface area (Å²) < 4.78 is 11.0. The second-order valence-electron chi connectivity index (χ2n) is 6.14. The first-order valence-electron chi connectivity index (χ1n) is 8.42. The van der Waals surface area contributed by atoms with Gasteiger partial charge in [0.15, 0.2) is 5.76 Å². The fourth-order valence-electron chi connectivity index (χ4n) is 2.77. The number of ether oxygens (including phenoxy) is 2. The molecule has 1 aliphatic heterocycles. The van der Waals surface area contributed by atoms with Gasteiger partial charge in [-0.1, -0.05) is 53.0 Å². The summed E-state index contributed by atoms with van der Waals surface area (Å²) in [5.74, 6) is -0.225. The van der Waals surface area contributed by atoms with Gasteiger partial charge in [-0.2, -0.15) is 0 Å². The van der Waals surface area contributed by atoms with Crippen molar-refractivity contribution >= 4 is 52.6 Å². The lowest BCUT2D eigenvalue weighted by atomic mass is 10.1. The van der Waals surface area contributed by atoms with E-state index in [-0.39, 0.29) is 27.9 Å². The van der Waals surface area contributed by atoms with E-state index >= 15 is 0 Å². The first-order chi connectivity index (χ1) is 13.9. The lowest BCUT2D eigenvalue weighted by Gasteiger charge is -2.06. The van der Waals surface area contributed by atoms with E-state index in [1.165, 1.54) is 12.1 Å². The second-order valence-corrected chi connectivity index (χ2v) is 7.36. The van der Waals surface area contributed by atoms with Crippen molar-refractivity contribution < 1.29 is 19.1 Å². The molecule has 144 valence electrons. The van der Waals surface area contributed by atoms with Crippen molar-refractivity contribution in [2.45, 2.75) is 0 Å². The molecule has 4 nitrogen and oxygen atoms in total. The number of benzene rings is 3. The van der Waals surface area contributed by atoms with Crippen molar-refractivity contribution in [2.24, 2.45) is 0 Å². The summed E-state index contributed by atoms with van der Waals surface area (Å²) >= 11 is 17.9. The number of allylic oxidation sites excluding steroid dienone is 1. The van der Waals surface area contributed by atoms with Gasteiger partial charge in [0.05, 0.1) is 26.2 Å². The Morgan fingerprint density at radius 3 is 2.45 bits per heavy atom. The van der Waals surface area contributed by atoms with E-state index in [4.69, 9.17) is 44.3 Å². The average Bonchev–Trinajstić information content (AvgIpc) is 3.00. The van der Waals surface area contributed by atoms with E-state index in [0.717, 1.165) is 0 Å². The summed E-state index contributed by atoms with van der Waals surface area (Å²) in [6, 6.07) is 16.1. The zero-order valence-electron chi connectivity index (χ0n) is 14.6. The Hall–Kier alpha value is -2.79. The maximum absolute atomic E-state index is 12.6. The van der Waals surface area contributed by atoms with Crippen LogP contribution in [0.2, 0.25) is 15.1 Å². The normalized spacial score (nSPS) is 13.9. The van der Waals surface area contributed by atoms with Crippen LogP contribution in [0.3, 0.4) is 0 Å². The van der Waals surface area contributed by atoms with Crippen LogP contribution in [0.1, 0.15) is 26.3 Å². The molecule has 3 aromatic carbocycles. The quantitative estimate of drug-likeness (QED) is 0.263. The van der Waals surface area contributed by atoms with E-state index in [1.807, 2.05) is 0 Å². The molecule has 0 saturated heterocycles. The summed E-state index contributed by atoms with van der Waals surface area (Å²) in [7, 11) is 0. The van der Waals surface area contributed by atoms with E-state index in [9.17, 15) is 9.59 Å². The lowest BCUT2D eigenvalue weighted by molar-refractivity contribution is 0.0734. The highest BCUT2D eigenvalue weighted by Crippen LogP contribution is 2.35. The third-order valence-corrected chi connectivity index (χ3v) is 5.26. The molecule has 29 heavy (non-hydrogen) atoms. The molecule has 3 aromatic rings. The van der Waals surface area contributed by atoms with Crippen molar-refractivity contribution in [3.8, 4) is 11.5 Å². The third-order valence-electron chi connectivity index (χ3n) is 4.19. The van der Waals surface area contributed by atoms with Crippen LogP contribution in [-0.4, -0.2) is 11.8 Å². The molecular weight excluding hydrogens is 435 g/mol. The number of esters is 1. The van der Waals surface area contributed by atoms with Crippen molar-refractivity contribution in [1.82, 2.24) is 0 Å². The first-order valence-corrected chi connectivity index (χ1v) is 9.56. The Kier molecular flexibility index (Phi) is 5.33. The molecule has 4 rings (SSSR count). The number of Topliss-reactive ketones (excluding diaryl/α,β-unsaturated/α-hetero) is 1. The summed E-state index contributed by atoms with van der Waals surface area (Å²) in [4.78, 5) is 24.9. The number of hydrogen-bond donors (Lipinski definition) is 0. The average molecular weight is 446 g/mol. The SMILES string of the molecule is O=C(Oc1ccc2c(c1)O/C(=C\c1ccc(Cl)c(Cl)c1)C2=O)c1ccccc1Cl. The Bertz CT molecular complexity index is 1180. The van der Waals surface area contributed by atoms with Gasteiger partial charge < -0.3 is 9.47 Å². The zero-order valence-corrected chi connectivity index (χ0v) is 16.9. The van der Waals surface area contributed by atoms with E-state index in [1.54, 1.807) is 54.6 Å². The van der Waals surface area contributed by atoms with Crippen LogP contribution in [0.25, 0.3) is 6.08 Å². The molecule has 0 atom stereocenters. The molecule has 1 aliphatic rings. The summed E-state index contributed by atoms with van der Waals surface area (Å²) in [5, 5.41) is 1.08. The van der Waals surface area contributed by atoms with Crippen molar-refractivity contribution in [1.29, 1.82) is 0 Å². The van der Waals surface area contributed by atoms with Crippen LogP contribution in [0.4, 0.5) is 0 Å². The number of rotatable bonds is 3. The molecule has 0 spiro atoms. The van der Waals surface area contributed by atoms with Gasteiger partial charge >= 0.3 is 5.97 Å². The van der Waals surface area contributed by atoms with Crippen LogP contribution < -0.4 is 9.47 Å². The molecule has 0 amide bonds. The molecule has 0 fully saturated rings. The van der Waals surface area contributed by atoms with Crippen LogP contribution >= 0.6 is 34.8 Å². The van der Waals surface area contributed by atoms with Crippen LogP contribution in [0, 0.1) is 0 Å². The topological polar surface area (TPSA) is 52.6 Å². The first kappa shape index (κ1) is 19.5. The highest BCUT2D eigenvalue weighted by Gasteiger charge is 2.28. The van der Waals surface area contributed by atoms with Crippen molar-refractivity contribution in [3.63, 3.8) is 0 Å². The Balaban J connectivity index is 1.57. The minimum Gasteiger partial charge on any atom is -0.452 e.